The molecular formula is C13H16N4O2. The molecule has 0 aromatic carbocycles. The van der Waals surface area contributed by atoms with E-state index in [0.717, 1.165) is 24.8 Å². The molecule has 0 bridgehead atoms. The van der Waals surface area contributed by atoms with Crippen molar-refractivity contribution in [3.63, 3.8) is 0 Å². The van der Waals surface area contributed by atoms with Gasteiger partial charge in [-0.3, -0.25) is 4.98 Å². The number of aryl methyl sites for hydroxylation is 1. The lowest BCUT2D eigenvalue weighted by atomic mass is 10.1. The smallest absolute Gasteiger partial charge is 0.358 e. The summed E-state index contributed by atoms with van der Waals surface area (Å²) in [4.78, 5) is 15.1. The molecule has 0 amide bonds. The zero-order valence-electron chi connectivity index (χ0n) is 10.8. The average molecular weight is 260 g/mol. The minimum absolute atomic E-state index is 0.0114. The summed E-state index contributed by atoms with van der Waals surface area (Å²) in [7, 11) is 0. The molecule has 0 saturated carbocycles. The lowest BCUT2D eigenvalue weighted by molar-refractivity contribution is 0.0691. The average Bonchev–Trinajstić information content (AvgIpc) is 2.84. The summed E-state index contributed by atoms with van der Waals surface area (Å²) in [6, 6.07) is 3.53. The Morgan fingerprint density at radius 2 is 2.05 bits per heavy atom. The minimum Gasteiger partial charge on any atom is -0.476 e. The summed E-state index contributed by atoms with van der Waals surface area (Å²) in [5.41, 5.74) is 1.31. The van der Waals surface area contributed by atoms with Gasteiger partial charge in [0.05, 0.1) is 0 Å². The van der Waals surface area contributed by atoms with Crippen molar-refractivity contribution in [1.82, 2.24) is 20.0 Å². The largest absolute Gasteiger partial charge is 0.476 e. The number of hydrogen-bond acceptors (Lipinski definition) is 4. The van der Waals surface area contributed by atoms with Crippen LogP contribution < -0.4 is 0 Å². The molecule has 0 atom stereocenters. The third-order valence-electron chi connectivity index (χ3n) is 2.86. The second kappa shape index (κ2) is 6.08. The van der Waals surface area contributed by atoms with Gasteiger partial charge in [0.25, 0.3) is 0 Å². The van der Waals surface area contributed by atoms with E-state index in [0.29, 0.717) is 12.2 Å². The van der Waals surface area contributed by atoms with Gasteiger partial charge in [-0.2, -0.15) is 0 Å². The van der Waals surface area contributed by atoms with E-state index in [1.54, 1.807) is 29.2 Å². The van der Waals surface area contributed by atoms with Gasteiger partial charge in [0.15, 0.2) is 5.69 Å². The molecule has 2 aromatic rings. The Morgan fingerprint density at radius 3 is 2.68 bits per heavy atom. The first-order valence-electron chi connectivity index (χ1n) is 6.31. The molecule has 6 heteroatoms. The van der Waals surface area contributed by atoms with Crippen molar-refractivity contribution < 1.29 is 9.90 Å². The van der Waals surface area contributed by atoms with Crippen molar-refractivity contribution in [2.45, 2.75) is 32.7 Å². The molecular weight excluding hydrogens is 244 g/mol. The van der Waals surface area contributed by atoms with Crippen molar-refractivity contribution in [3.05, 3.63) is 30.2 Å². The van der Waals surface area contributed by atoms with Gasteiger partial charge in [-0.1, -0.05) is 25.0 Å². The van der Waals surface area contributed by atoms with E-state index in [2.05, 4.69) is 22.2 Å². The Hall–Kier alpha value is -2.24. The fraction of sp³-hybridized carbons (Fsp3) is 0.385. The monoisotopic (exact) mass is 260 g/mol. The molecule has 19 heavy (non-hydrogen) atoms. The fourth-order valence-corrected chi connectivity index (χ4v) is 1.92. The highest BCUT2D eigenvalue weighted by Gasteiger charge is 2.20. The molecule has 0 radical (unpaired) electrons. The first-order chi connectivity index (χ1) is 9.24. The van der Waals surface area contributed by atoms with E-state index in [9.17, 15) is 9.90 Å². The van der Waals surface area contributed by atoms with Gasteiger partial charge in [0.1, 0.15) is 5.69 Å². The van der Waals surface area contributed by atoms with Crippen LogP contribution in [0.4, 0.5) is 0 Å². The third kappa shape index (κ3) is 2.96. The quantitative estimate of drug-likeness (QED) is 0.805. The molecule has 0 spiro atoms. The summed E-state index contributed by atoms with van der Waals surface area (Å²) in [6.07, 6.45) is 6.40. The molecule has 0 fully saturated rings. The normalized spacial score (nSPS) is 10.6. The molecule has 1 N–H and O–H groups in total. The van der Waals surface area contributed by atoms with Gasteiger partial charge in [-0.25, -0.2) is 9.48 Å². The number of carboxylic acids is 1. The first kappa shape index (κ1) is 13.2. The standard InChI is InChI=1S/C13H16N4O2/c1-2-3-4-9-17-12(10-5-7-14-8-6-10)11(13(18)19)15-16-17/h5-8H,2-4,9H2,1H3,(H,18,19). The predicted octanol–water partition coefficient (Wildman–Crippen LogP) is 2.23. The van der Waals surface area contributed by atoms with Crippen LogP contribution in [0.15, 0.2) is 24.5 Å². The number of unbranched alkanes of at least 4 members (excludes halogenated alkanes) is 2. The lowest BCUT2D eigenvalue weighted by Gasteiger charge is -2.06. The predicted molar refractivity (Wildman–Crippen MR) is 69.7 cm³/mol. The molecule has 0 aliphatic carbocycles. The topological polar surface area (TPSA) is 80.9 Å². The van der Waals surface area contributed by atoms with Crippen LogP contribution in [0, 0.1) is 0 Å². The molecule has 0 aliphatic rings. The summed E-state index contributed by atoms with van der Waals surface area (Å²) >= 11 is 0. The highest BCUT2D eigenvalue weighted by molar-refractivity contribution is 5.92. The van der Waals surface area contributed by atoms with E-state index in [1.807, 2.05) is 0 Å². The van der Waals surface area contributed by atoms with Crippen LogP contribution in [-0.2, 0) is 6.54 Å². The van der Waals surface area contributed by atoms with Crippen LogP contribution >= 0.6 is 0 Å². The maximum Gasteiger partial charge on any atom is 0.358 e. The van der Waals surface area contributed by atoms with Crippen molar-refractivity contribution in [2.24, 2.45) is 0 Å². The zero-order valence-corrected chi connectivity index (χ0v) is 10.8. The van der Waals surface area contributed by atoms with Gasteiger partial charge in [0, 0.05) is 24.5 Å². The molecule has 0 saturated heterocycles. The van der Waals surface area contributed by atoms with Gasteiger partial charge in [-0.05, 0) is 18.6 Å². The summed E-state index contributed by atoms with van der Waals surface area (Å²) in [6.45, 7) is 2.79. The number of aromatic carboxylic acids is 1. The van der Waals surface area contributed by atoms with Crippen LogP contribution in [0.25, 0.3) is 11.3 Å². The first-order valence-corrected chi connectivity index (χ1v) is 6.31. The van der Waals surface area contributed by atoms with Gasteiger partial charge < -0.3 is 5.11 Å². The van der Waals surface area contributed by atoms with Gasteiger partial charge in [0.2, 0.25) is 0 Å². The van der Waals surface area contributed by atoms with Crippen LogP contribution in [0.3, 0.4) is 0 Å². The van der Waals surface area contributed by atoms with Crippen LogP contribution in [0.1, 0.15) is 36.7 Å². The van der Waals surface area contributed by atoms with Crippen molar-refractivity contribution in [3.8, 4) is 11.3 Å². The molecule has 2 heterocycles. The molecule has 0 unspecified atom stereocenters. The van der Waals surface area contributed by atoms with Crippen molar-refractivity contribution in [1.29, 1.82) is 0 Å². The fourth-order valence-electron chi connectivity index (χ4n) is 1.92. The molecule has 6 nitrogen and oxygen atoms in total. The van der Waals surface area contributed by atoms with E-state index < -0.39 is 5.97 Å². The van der Waals surface area contributed by atoms with Crippen molar-refractivity contribution in [2.75, 3.05) is 0 Å². The van der Waals surface area contributed by atoms with E-state index in [1.165, 1.54) is 0 Å². The Kier molecular flexibility index (Phi) is 4.22. The van der Waals surface area contributed by atoms with Gasteiger partial charge in [-0.15, -0.1) is 5.10 Å². The number of pyridine rings is 1. The molecule has 100 valence electrons. The van der Waals surface area contributed by atoms with Crippen LogP contribution in [-0.4, -0.2) is 31.1 Å². The number of carbonyl (C=O) groups is 1. The van der Waals surface area contributed by atoms with Crippen molar-refractivity contribution >= 4 is 5.97 Å². The Bertz CT molecular complexity index is 551. The summed E-state index contributed by atoms with van der Waals surface area (Å²) in [5.74, 6) is -1.06. The highest BCUT2D eigenvalue weighted by atomic mass is 16.4. The van der Waals surface area contributed by atoms with E-state index in [4.69, 9.17) is 0 Å². The highest BCUT2D eigenvalue weighted by Crippen LogP contribution is 2.22. The minimum atomic E-state index is -1.06. The molecule has 2 rings (SSSR count). The second-order valence-electron chi connectivity index (χ2n) is 4.26. The zero-order chi connectivity index (χ0) is 13.7. The Labute approximate surface area is 111 Å². The maximum atomic E-state index is 11.2. The van der Waals surface area contributed by atoms with Gasteiger partial charge >= 0.3 is 5.97 Å². The number of rotatable bonds is 6. The van der Waals surface area contributed by atoms with Crippen LogP contribution in [0.5, 0.6) is 0 Å². The van der Waals surface area contributed by atoms with E-state index >= 15 is 0 Å². The number of aromatic nitrogens is 4. The van der Waals surface area contributed by atoms with Crippen LogP contribution in [0.2, 0.25) is 0 Å². The molecule has 2 aromatic heterocycles. The summed E-state index contributed by atoms with van der Waals surface area (Å²) < 4.78 is 1.66. The number of hydrogen-bond donors (Lipinski definition) is 1. The van der Waals surface area contributed by atoms with E-state index in [-0.39, 0.29) is 5.69 Å². The summed E-state index contributed by atoms with van der Waals surface area (Å²) in [5, 5.41) is 16.9. The third-order valence-corrected chi connectivity index (χ3v) is 2.86. The second-order valence-corrected chi connectivity index (χ2v) is 4.26. The Balaban J connectivity index is 2.37. The lowest BCUT2D eigenvalue weighted by Crippen LogP contribution is -2.05. The maximum absolute atomic E-state index is 11.2. The molecule has 0 aliphatic heterocycles. The SMILES string of the molecule is CCCCCn1nnc(C(=O)O)c1-c1ccncc1. The number of nitrogens with zero attached hydrogens (tertiary/aromatic N) is 4. The Morgan fingerprint density at radius 1 is 1.32 bits per heavy atom. The number of carboxylic acid groups (broad SMARTS) is 1.